The van der Waals surface area contributed by atoms with Gasteiger partial charge in [-0.25, -0.2) is 4.68 Å². The Kier molecular flexibility index (Phi) is 5.29. The van der Waals surface area contributed by atoms with Crippen molar-refractivity contribution in [3.8, 4) is 0 Å². The quantitative estimate of drug-likeness (QED) is 0.765. The van der Waals surface area contributed by atoms with E-state index in [4.69, 9.17) is 0 Å². The van der Waals surface area contributed by atoms with Crippen molar-refractivity contribution in [2.75, 3.05) is 11.6 Å². The lowest BCUT2D eigenvalue weighted by molar-refractivity contribution is -0.138. The van der Waals surface area contributed by atoms with Gasteiger partial charge in [-0.3, -0.25) is 9.59 Å². The van der Waals surface area contributed by atoms with Gasteiger partial charge in [-0.15, -0.1) is 16.9 Å². The molecule has 2 amide bonds. The van der Waals surface area contributed by atoms with E-state index in [-0.39, 0.29) is 22.6 Å². The monoisotopic (exact) mass is 384 g/mol. The average molecular weight is 385 g/mol. The van der Waals surface area contributed by atoms with Crippen molar-refractivity contribution >= 4 is 35.3 Å². The topological polar surface area (TPSA) is 93.0 Å². The second kappa shape index (κ2) is 7.14. The van der Waals surface area contributed by atoms with Crippen LogP contribution in [0.2, 0.25) is 0 Å². The number of nitrogens with zero attached hydrogens (tertiary/aromatic N) is 5. The Morgan fingerprint density at radius 2 is 2.08 bits per heavy atom. The molecule has 0 radical (unpaired) electrons. The molecule has 2 aliphatic rings. The van der Waals surface area contributed by atoms with Gasteiger partial charge in [0.2, 0.25) is 17.0 Å². The molecule has 1 aromatic rings. The number of aromatic nitrogens is 4. The Balaban J connectivity index is 1.64. The lowest BCUT2D eigenvalue weighted by atomic mass is 10.1. The van der Waals surface area contributed by atoms with Crippen LogP contribution in [0.4, 0.5) is 0 Å². The molecule has 0 spiro atoms. The van der Waals surface area contributed by atoms with Gasteiger partial charge in [0.1, 0.15) is 6.04 Å². The molecule has 1 aromatic heterocycles. The van der Waals surface area contributed by atoms with Crippen molar-refractivity contribution in [2.24, 2.45) is 0 Å². The summed E-state index contributed by atoms with van der Waals surface area (Å²) in [6, 6.07) is -0.0494. The molecule has 8 nitrogen and oxygen atoms in total. The van der Waals surface area contributed by atoms with Gasteiger partial charge in [0.15, 0.2) is 0 Å². The SMILES string of the molecule is CC(Sc1nnnn1C1CC1)C(=O)N1CSCC1C(=O)NC(C)(C)C. The third-order valence-corrected chi connectivity index (χ3v) is 6.00. The molecule has 0 aromatic carbocycles. The third kappa shape index (κ3) is 4.46. The molecule has 138 valence electrons. The maximum absolute atomic E-state index is 12.9. The highest BCUT2D eigenvalue weighted by Gasteiger charge is 2.38. The van der Waals surface area contributed by atoms with Crippen molar-refractivity contribution < 1.29 is 9.59 Å². The number of thioether (sulfide) groups is 2. The van der Waals surface area contributed by atoms with Crippen LogP contribution >= 0.6 is 23.5 Å². The van der Waals surface area contributed by atoms with Gasteiger partial charge in [-0.2, -0.15) is 0 Å². The zero-order chi connectivity index (χ0) is 18.2. The predicted octanol–water partition coefficient (Wildman–Crippen LogP) is 1.30. The molecule has 1 saturated carbocycles. The van der Waals surface area contributed by atoms with Crippen LogP contribution in [0.3, 0.4) is 0 Å². The number of carbonyl (C=O) groups is 2. The highest BCUT2D eigenvalue weighted by molar-refractivity contribution is 8.00. The fourth-order valence-electron chi connectivity index (χ4n) is 2.58. The molecule has 25 heavy (non-hydrogen) atoms. The van der Waals surface area contributed by atoms with Crippen molar-refractivity contribution in [3.05, 3.63) is 0 Å². The molecule has 3 rings (SSSR count). The van der Waals surface area contributed by atoms with E-state index in [1.54, 1.807) is 21.3 Å². The molecule has 2 heterocycles. The number of tetrazole rings is 1. The van der Waals surface area contributed by atoms with Crippen LogP contribution in [-0.4, -0.2) is 65.4 Å². The fraction of sp³-hybridized carbons (Fsp3) is 0.800. The lowest BCUT2D eigenvalue weighted by Gasteiger charge is -2.29. The molecule has 1 aliphatic carbocycles. The first kappa shape index (κ1) is 18.5. The second-order valence-corrected chi connectivity index (χ2v) is 9.77. The molecule has 1 aliphatic heterocycles. The van der Waals surface area contributed by atoms with E-state index < -0.39 is 6.04 Å². The summed E-state index contributed by atoms with van der Waals surface area (Å²) in [5, 5.41) is 15.1. The van der Waals surface area contributed by atoms with Crippen molar-refractivity contribution in [1.82, 2.24) is 30.4 Å². The molecule has 2 atom stereocenters. The molecule has 1 saturated heterocycles. The van der Waals surface area contributed by atoms with E-state index in [2.05, 4.69) is 20.8 Å². The molecule has 0 bridgehead atoms. The van der Waals surface area contributed by atoms with Crippen LogP contribution in [-0.2, 0) is 9.59 Å². The first-order valence-electron chi connectivity index (χ1n) is 8.41. The summed E-state index contributed by atoms with van der Waals surface area (Å²) >= 11 is 2.97. The third-order valence-electron chi connectivity index (χ3n) is 3.95. The predicted molar refractivity (Wildman–Crippen MR) is 97.3 cm³/mol. The van der Waals surface area contributed by atoms with E-state index in [9.17, 15) is 9.59 Å². The first-order chi connectivity index (χ1) is 11.8. The number of hydrogen-bond acceptors (Lipinski definition) is 7. The minimum atomic E-state index is -0.417. The summed E-state index contributed by atoms with van der Waals surface area (Å²) < 4.78 is 1.80. The maximum Gasteiger partial charge on any atom is 0.244 e. The van der Waals surface area contributed by atoms with Crippen molar-refractivity contribution in [3.63, 3.8) is 0 Å². The smallest absolute Gasteiger partial charge is 0.244 e. The normalized spacial score (nSPS) is 22.1. The second-order valence-electron chi connectivity index (χ2n) is 7.46. The Hall–Kier alpha value is -1.29. The van der Waals surface area contributed by atoms with Crippen LogP contribution in [0, 0.1) is 0 Å². The zero-order valence-corrected chi connectivity index (χ0v) is 16.6. The van der Waals surface area contributed by atoms with Gasteiger partial charge in [-0.1, -0.05) is 11.8 Å². The van der Waals surface area contributed by atoms with Crippen LogP contribution in [0.1, 0.15) is 46.6 Å². The van der Waals surface area contributed by atoms with E-state index >= 15 is 0 Å². The zero-order valence-electron chi connectivity index (χ0n) is 14.9. The summed E-state index contributed by atoms with van der Waals surface area (Å²) in [5.41, 5.74) is -0.314. The van der Waals surface area contributed by atoms with Crippen LogP contribution in [0.25, 0.3) is 0 Å². The summed E-state index contributed by atoms with van der Waals surface area (Å²) in [5.74, 6) is 1.03. The molecule has 10 heteroatoms. The number of nitrogens with one attached hydrogen (secondary N) is 1. The summed E-state index contributed by atoms with van der Waals surface area (Å²) in [4.78, 5) is 27.1. The maximum atomic E-state index is 12.9. The molecular formula is C15H24N6O2S2. The first-order valence-corrected chi connectivity index (χ1v) is 10.4. The van der Waals surface area contributed by atoms with Crippen LogP contribution < -0.4 is 5.32 Å². The highest BCUT2D eigenvalue weighted by atomic mass is 32.2. The molecule has 1 N–H and O–H groups in total. The minimum absolute atomic E-state index is 0.0468. The number of amides is 2. The number of carbonyl (C=O) groups excluding carboxylic acids is 2. The average Bonchev–Trinajstić information content (AvgIpc) is 3.06. The van der Waals surface area contributed by atoms with Gasteiger partial charge in [0.05, 0.1) is 17.2 Å². The summed E-state index contributed by atoms with van der Waals surface area (Å²) in [6.45, 7) is 7.67. The van der Waals surface area contributed by atoms with Gasteiger partial charge in [-0.05, 0) is 51.0 Å². The molecule has 2 unspecified atom stereocenters. The van der Waals surface area contributed by atoms with Gasteiger partial charge >= 0.3 is 0 Å². The molecular weight excluding hydrogens is 360 g/mol. The van der Waals surface area contributed by atoms with E-state index in [0.29, 0.717) is 22.8 Å². The Bertz CT molecular complexity index is 655. The molecule has 2 fully saturated rings. The minimum Gasteiger partial charge on any atom is -0.350 e. The highest BCUT2D eigenvalue weighted by Crippen LogP contribution is 2.37. The van der Waals surface area contributed by atoms with Gasteiger partial charge < -0.3 is 10.2 Å². The summed E-state index contributed by atoms with van der Waals surface area (Å²) in [7, 11) is 0. The Morgan fingerprint density at radius 3 is 2.72 bits per heavy atom. The standard InChI is InChI=1S/C15H24N6O2S2/c1-9(25-14-17-18-19-21(14)10-5-6-10)13(23)20-8-24-7-11(20)12(22)16-15(2,3)4/h9-11H,5-8H2,1-4H3,(H,16,22). The summed E-state index contributed by atoms with van der Waals surface area (Å²) in [6.07, 6.45) is 2.16. The fourth-order valence-corrected chi connectivity index (χ4v) is 4.68. The van der Waals surface area contributed by atoms with E-state index in [1.165, 1.54) is 11.8 Å². The Morgan fingerprint density at radius 1 is 1.36 bits per heavy atom. The Labute approximate surface area is 155 Å². The number of rotatable bonds is 5. The van der Waals surface area contributed by atoms with Gasteiger partial charge in [0.25, 0.3) is 0 Å². The van der Waals surface area contributed by atoms with Crippen LogP contribution in [0.5, 0.6) is 0 Å². The van der Waals surface area contributed by atoms with Gasteiger partial charge in [0, 0.05) is 11.3 Å². The van der Waals surface area contributed by atoms with Crippen LogP contribution in [0.15, 0.2) is 5.16 Å². The lowest BCUT2D eigenvalue weighted by Crippen LogP contribution is -2.53. The number of hydrogen-bond donors (Lipinski definition) is 1. The van der Waals surface area contributed by atoms with E-state index in [0.717, 1.165) is 12.8 Å². The van der Waals surface area contributed by atoms with Crippen molar-refractivity contribution in [1.29, 1.82) is 0 Å². The van der Waals surface area contributed by atoms with E-state index in [1.807, 2.05) is 27.7 Å². The van der Waals surface area contributed by atoms with Crippen molar-refractivity contribution in [2.45, 2.75) is 68.6 Å². The largest absolute Gasteiger partial charge is 0.350 e.